The van der Waals surface area contributed by atoms with E-state index in [2.05, 4.69) is 10.2 Å². The van der Waals surface area contributed by atoms with Crippen molar-refractivity contribution in [1.29, 1.82) is 5.41 Å². The number of nitrogen functional groups attached to an aromatic ring is 1. The molecule has 6 nitrogen and oxygen atoms in total. The quantitative estimate of drug-likeness (QED) is 0.665. The van der Waals surface area contributed by atoms with Crippen LogP contribution in [-0.4, -0.2) is 23.1 Å². The Labute approximate surface area is 123 Å². The number of amidine groups is 1. The Morgan fingerprint density at radius 2 is 1.86 bits per heavy atom. The highest BCUT2D eigenvalue weighted by atomic mass is 16.5. The van der Waals surface area contributed by atoms with E-state index in [-0.39, 0.29) is 11.7 Å². The number of nitrogens with two attached hydrogens (primary N) is 1. The van der Waals surface area contributed by atoms with E-state index < -0.39 is 0 Å². The molecule has 0 spiro atoms. The van der Waals surface area contributed by atoms with Crippen molar-refractivity contribution in [3.8, 4) is 17.4 Å². The van der Waals surface area contributed by atoms with Gasteiger partial charge in [0, 0.05) is 0 Å². The summed E-state index contributed by atoms with van der Waals surface area (Å²) in [6, 6.07) is 5.55. The van der Waals surface area contributed by atoms with E-state index in [0.29, 0.717) is 22.8 Å². The van der Waals surface area contributed by atoms with Gasteiger partial charge < -0.3 is 15.2 Å². The van der Waals surface area contributed by atoms with Gasteiger partial charge in [0.1, 0.15) is 5.84 Å². The van der Waals surface area contributed by atoms with Gasteiger partial charge in [-0.25, -0.2) is 0 Å². The lowest BCUT2D eigenvalue weighted by atomic mass is 10.1. The van der Waals surface area contributed by atoms with Gasteiger partial charge in [0.25, 0.3) is 0 Å². The fourth-order valence-electron chi connectivity index (χ4n) is 1.94. The standard InChI is InChI=1S/C15H18N4O2/c1-8-5-6-11(12(7-8)20-4)21-15-13(14(16)17)9(2)10(3)18-19-15/h5-7H,1-4H3,(H3,16,17). The van der Waals surface area contributed by atoms with Crippen LogP contribution in [0.3, 0.4) is 0 Å². The number of nitrogens with zero attached hydrogens (tertiary/aromatic N) is 2. The summed E-state index contributed by atoms with van der Waals surface area (Å²) in [6.07, 6.45) is 0. The summed E-state index contributed by atoms with van der Waals surface area (Å²) in [5.74, 6) is 1.19. The molecule has 21 heavy (non-hydrogen) atoms. The molecule has 6 heteroatoms. The van der Waals surface area contributed by atoms with Gasteiger partial charge in [0.2, 0.25) is 5.88 Å². The number of benzene rings is 1. The maximum Gasteiger partial charge on any atom is 0.250 e. The molecular weight excluding hydrogens is 268 g/mol. The molecule has 110 valence electrons. The van der Waals surface area contributed by atoms with Crippen molar-refractivity contribution in [3.63, 3.8) is 0 Å². The molecule has 1 aromatic carbocycles. The van der Waals surface area contributed by atoms with Gasteiger partial charge in [-0.1, -0.05) is 6.07 Å². The second kappa shape index (κ2) is 5.78. The van der Waals surface area contributed by atoms with E-state index in [4.69, 9.17) is 20.6 Å². The molecule has 0 bridgehead atoms. The van der Waals surface area contributed by atoms with E-state index in [1.165, 1.54) is 0 Å². The Kier molecular flexibility index (Phi) is 4.07. The summed E-state index contributed by atoms with van der Waals surface area (Å²) in [5, 5.41) is 15.7. The highest BCUT2D eigenvalue weighted by Gasteiger charge is 2.17. The number of aryl methyl sites for hydroxylation is 2. The van der Waals surface area contributed by atoms with E-state index in [1.54, 1.807) is 13.2 Å². The molecule has 1 heterocycles. The van der Waals surface area contributed by atoms with Gasteiger partial charge in [0.15, 0.2) is 11.5 Å². The van der Waals surface area contributed by atoms with Crippen LogP contribution in [-0.2, 0) is 0 Å². The Morgan fingerprint density at radius 1 is 1.14 bits per heavy atom. The van der Waals surface area contributed by atoms with Crippen LogP contribution in [0.25, 0.3) is 0 Å². The molecule has 0 amide bonds. The van der Waals surface area contributed by atoms with E-state index >= 15 is 0 Å². The SMILES string of the molecule is COc1cc(C)ccc1Oc1nnc(C)c(C)c1C(=N)N. The molecule has 0 atom stereocenters. The van der Waals surface area contributed by atoms with Crippen LogP contribution in [0, 0.1) is 26.2 Å². The smallest absolute Gasteiger partial charge is 0.250 e. The zero-order valence-corrected chi connectivity index (χ0v) is 12.5. The molecule has 0 radical (unpaired) electrons. The van der Waals surface area contributed by atoms with Crippen LogP contribution in [0.1, 0.15) is 22.4 Å². The Balaban J connectivity index is 2.50. The molecule has 3 N–H and O–H groups in total. The molecule has 0 aliphatic heterocycles. The number of hydrogen-bond donors (Lipinski definition) is 2. The lowest BCUT2D eigenvalue weighted by Gasteiger charge is -2.14. The minimum Gasteiger partial charge on any atom is -0.493 e. The van der Waals surface area contributed by atoms with Crippen LogP contribution in [0.5, 0.6) is 17.4 Å². The summed E-state index contributed by atoms with van der Waals surface area (Å²) in [5.41, 5.74) is 8.63. The third-order valence-electron chi connectivity index (χ3n) is 3.22. The largest absolute Gasteiger partial charge is 0.493 e. The van der Waals surface area contributed by atoms with Crippen molar-refractivity contribution in [2.75, 3.05) is 7.11 Å². The van der Waals surface area contributed by atoms with Crippen LogP contribution in [0.15, 0.2) is 18.2 Å². The summed E-state index contributed by atoms with van der Waals surface area (Å²) in [4.78, 5) is 0. The number of hydrogen-bond acceptors (Lipinski definition) is 5. The average molecular weight is 286 g/mol. The molecule has 0 unspecified atom stereocenters. The number of ether oxygens (including phenoxy) is 2. The Hall–Kier alpha value is -2.63. The molecule has 1 aromatic heterocycles. The van der Waals surface area contributed by atoms with E-state index in [0.717, 1.165) is 11.1 Å². The normalized spacial score (nSPS) is 10.3. The first kappa shape index (κ1) is 14.8. The molecule has 2 rings (SSSR count). The third kappa shape index (κ3) is 2.94. The van der Waals surface area contributed by atoms with Crippen LogP contribution >= 0.6 is 0 Å². The Morgan fingerprint density at radius 3 is 2.48 bits per heavy atom. The lowest BCUT2D eigenvalue weighted by molar-refractivity contribution is 0.371. The summed E-state index contributed by atoms with van der Waals surface area (Å²) in [6.45, 7) is 5.61. The summed E-state index contributed by atoms with van der Waals surface area (Å²) < 4.78 is 11.1. The topological polar surface area (TPSA) is 94.1 Å². The number of rotatable bonds is 4. The highest BCUT2D eigenvalue weighted by Crippen LogP contribution is 2.33. The van der Waals surface area contributed by atoms with Crippen molar-refractivity contribution in [1.82, 2.24) is 10.2 Å². The van der Waals surface area contributed by atoms with Crippen molar-refractivity contribution in [2.45, 2.75) is 20.8 Å². The summed E-state index contributed by atoms with van der Waals surface area (Å²) >= 11 is 0. The number of aromatic nitrogens is 2. The number of methoxy groups -OCH3 is 1. The molecule has 0 aliphatic rings. The van der Waals surface area contributed by atoms with Gasteiger partial charge in [-0.15, -0.1) is 5.10 Å². The predicted octanol–water partition coefficient (Wildman–Crippen LogP) is 2.49. The average Bonchev–Trinajstić information content (AvgIpc) is 2.44. The first-order valence-corrected chi connectivity index (χ1v) is 6.44. The maximum atomic E-state index is 7.71. The fourth-order valence-corrected chi connectivity index (χ4v) is 1.94. The third-order valence-corrected chi connectivity index (χ3v) is 3.22. The summed E-state index contributed by atoms with van der Waals surface area (Å²) in [7, 11) is 1.57. The van der Waals surface area contributed by atoms with Crippen molar-refractivity contribution >= 4 is 5.84 Å². The molecule has 0 saturated carbocycles. The zero-order valence-electron chi connectivity index (χ0n) is 12.5. The van der Waals surface area contributed by atoms with Crippen molar-refractivity contribution in [2.24, 2.45) is 5.73 Å². The van der Waals surface area contributed by atoms with Gasteiger partial charge in [0.05, 0.1) is 18.4 Å². The van der Waals surface area contributed by atoms with Crippen LogP contribution in [0.2, 0.25) is 0 Å². The maximum absolute atomic E-state index is 7.71. The molecule has 0 saturated heterocycles. The van der Waals surface area contributed by atoms with Crippen LogP contribution < -0.4 is 15.2 Å². The minimum atomic E-state index is -0.105. The van der Waals surface area contributed by atoms with E-state index in [1.807, 2.05) is 32.9 Å². The predicted molar refractivity (Wildman–Crippen MR) is 80.3 cm³/mol. The highest BCUT2D eigenvalue weighted by molar-refractivity contribution is 5.98. The van der Waals surface area contributed by atoms with Gasteiger partial charge in [-0.05, 0) is 44.0 Å². The van der Waals surface area contributed by atoms with Crippen molar-refractivity contribution < 1.29 is 9.47 Å². The van der Waals surface area contributed by atoms with Crippen molar-refractivity contribution in [3.05, 3.63) is 40.6 Å². The Bertz CT molecular complexity index is 698. The van der Waals surface area contributed by atoms with Gasteiger partial charge >= 0.3 is 0 Å². The first-order valence-electron chi connectivity index (χ1n) is 6.44. The number of nitrogens with one attached hydrogen (secondary N) is 1. The second-order valence-corrected chi connectivity index (χ2v) is 4.76. The van der Waals surface area contributed by atoms with Gasteiger partial charge in [-0.2, -0.15) is 5.10 Å². The van der Waals surface area contributed by atoms with Gasteiger partial charge in [-0.3, -0.25) is 5.41 Å². The lowest BCUT2D eigenvalue weighted by Crippen LogP contribution is -2.16. The molecule has 0 fully saturated rings. The monoisotopic (exact) mass is 286 g/mol. The molecule has 0 aliphatic carbocycles. The first-order chi connectivity index (χ1) is 9.93. The molecular formula is C15H18N4O2. The van der Waals surface area contributed by atoms with Crippen LogP contribution in [0.4, 0.5) is 0 Å². The fraction of sp³-hybridized carbons (Fsp3) is 0.267. The zero-order chi connectivity index (χ0) is 15.6. The molecule has 2 aromatic rings. The minimum absolute atomic E-state index is 0.105. The second-order valence-electron chi connectivity index (χ2n) is 4.76. The van der Waals surface area contributed by atoms with E-state index in [9.17, 15) is 0 Å².